The lowest BCUT2D eigenvalue weighted by molar-refractivity contribution is 0.628. The van der Waals surface area contributed by atoms with E-state index in [1.54, 1.807) is 18.3 Å². The molecule has 0 aliphatic rings. The highest BCUT2D eigenvalue weighted by Crippen LogP contribution is 2.26. The molecule has 88 valence electrons. The highest BCUT2D eigenvalue weighted by Gasteiger charge is 2.07. The van der Waals surface area contributed by atoms with Gasteiger partial charge < -0.3 is 4.90 Å². The van der Waals surface area contributed by atoms with Crippen LogP contribution in [0.3, 0.4) is 0 Å². The van der Waals surface area contributed by atoms with Gasteiger partial charge in [0.25, 0.3) is 0 Å². The monoisotopic (exact) mass is 314 g/mol. The Bertz CT molecular complexity index is 531. The van der Waals surface area contributed by atoms with Crippen LogP contribution in [0.1, 0.15) is 0 Å². The van der Waals surface area contributed by atoms with E-state index in [0.29, 0.717) is 0 Å². The SMILES string of the molecule is CN(c1ccc(F)c(Cl)c1)c1ccc(Br)cn1. The molecule has 0 saturated carbocycles. The van der Waals surface area contributed by atoms with Crippen LogP contribution in [0, 0.1) is 5.82 Å². The van der Waals surface area contributed by atoms with Crippen LogP contribution in [0.15, 0.2) is 41.0 Å². The maximum atomic E-state index is 13.0. The van der Waals surface area contributed by atoms with Crippen LogP contribution in [0.25, 0.3) is 0 Å². The van der Waals surface area contributed by atoms with Crippen LogP contribution in [-0.4, -0.2) is 12.0 Å². The summed E-state index contributed by atoms with van der Waals surface area (Å²) in [6.45, 7) is 0. The molecule has 0 radical (unpaired) electrons. The van der Waals surface area contributed by atoms with Crippen molar-refractivity contribution in [1.82, 2.24) is 4.98 Å². The second-order valence-corrected chi connectivity index (χ2v) is 4.81. The molecule has 0 spiro atoms. The zero-order valence-electron chi connectivity index (χ0n) is 8.99. The summed E-state index contributed by atoms with van der Waals surface area (Å²) >= 11 is 9.06. The summed E-state index contributed by atoms with van der Waals surface area (Å²) < 4.78 is 14.0. The van der Waals surface area contributed by atoms with Crippen LogP contribution < -0.4 is 4.90 Å². The largest absolute Gasteiger partial charge is 0.329 e. The number of halogens is 3. The Morgan fingerprint density at radius 3 is 2.65 bits per heavy atom. The first kappa shape index (κ1) is 12.3. The van der Waals surface area contributed by atoms with Crippen LogP contribution in [0.5, 0.6) is 0 Å². The molecule has 0 aliphatic carbocycles. The van der Waals surface area contributed by atoms with Gasteiger partial charge in [-0.25, -0.2) is 9.37 Å². The van der Waals surface area contributed by atoms with E-state index in [1.165, 1.54) is 6.07 Å². The fourth-order valence-corrected chi connectivity index (χ4v) is 1.80. The Hall–Kier alpha value is -1.13. The van der Waals surface area contributed by atoms with Crippen LogP contribution in [0.2, 0.25) is 5.02 Å². The molecule has 2 rings (SSSR count). The number of rotatable bonds is 2. The first-order valence-electron chi connectivity index (χ1n) is 4.88. The summed E-state index contributed by atoms with van der Waals surface area (Å²) in [7, 11) is 1.85. The molecule has 1 heterocycles. The molecular formula is C12H9BrClFN2. The van der Waals surface area contributed by atoms with E-state index in [1.807, 2.05) is 24.1 Å². The van der Waals surface area contributed by atoms with Gasteiger partial charge in [0.1, 0.15) is 11.6 Å². The standard InChI is InChI=1S/C12H9BrClFN2/c1-17(12-5-2-8(13)7-16-12)9-3-4-11(15)10(14)6-9/h2-7H,1H3. The van der Waals surface area contributed by atoms with Crippen molar-refractivity contribution in [2.24, 2.45) is 0 Å². The Balaban J connectivity index is 2.33. The van der Waals surface area contributed by atoms with Crippen LogP contribution in [-0.2, 0) is 0 Å². The molecule has 0 saturated heterocycles. The third-order valence-electron chi connectivity index (χ3n) is 2.35. The van der Waals surface area contributed by atoms with E-state index in [4.69, 9.17) is 11.6 Å². The maximum absolute atomic E-state index is 13.0. The van der Waals surface area contributed by atoms with Crippen LogP contribution in [0.4, 0.5) is 15.9 Å². The van der Waals surface area contributed by atoms with Crippen molar-refractivity contribution in [3.63, 3.8) is 0 Å². The smallest absolute Gasteiger partial charge is 0.141 e. The van der Waals surface area contributed by atoms with Crippen molar-refractivity contribution < 1.29 is 4.39 Å². The average molecular weight is 316 g/mol. The highest BCUT2D eigenvalue weighted by molar-refractivity contribution is 9.10. The van der Waals surface area contributed by atoms with Gasteiger partial charge >= 0.3 is 0 Å². The third kappa shape index (κ3) is 2.76. The van der Waals surface area contributed by atoms with Crippen molar-refractivity contribution in [2.75, 3.05) is 11.9 Å². The lowest BCUT2D eigenvalue weighted by atomic mass is 10.3. The van der Waals surface area contributed by atoms with Gasteiger partial charge in [-0.15, -0.1) is 0 Å². The fraction of sp³-hybridized carbons (Fsp3) is 0.0833. The van der Waals surface area contributed by atoms with Gasteiger partial charge in [0.15, 0.2) is 0 Å². The van der Waals surface area contributed by atoms with Gasteiger partial charge in [-0.05, 0) is 46.3 Å². The average Bonchev–Trinajstić information content (AvgIpc) is 2.33. The molecule has 0 N–H and O–H groups in total. The number of hydrogen-bond acceptors (Lipinski definition) is 2. The molecule has 1 aromatic carbocycles. The molecule has 0 bridgehead atoms. The van der Waals surface area contributed by atoms with Gasteiger partial charge in [-0.2, -0.15) is 0 Å². The molecule has 1 aromatic heterocycles. The lowest BCUT2D eigenvalue weighted by Crippen LogP contribution is -2.10. The normalized spacial score (nSPS) is 10.4. The van der Waals surface area contributed by atoms with E-state index >= 15 is 0 Å². The summed E-state index contributed by atoms with van der Waals surface area (Å²) in [4.78, 5) is 6.08. The van der Waals surface area contributed by atoms with Gasteiger partial charge in [0.2, 0.25) is 0 Å². The predicted molar refractivity (Wildman–Crippen MR) is 71.4 cm³/mol. The molecule has 5 heteroatoms. The molecule has 0 fully saturated rings. The van der Waals surface area contributed by atoms with E-state index in [2.05, 4.69) is 20.9 Å². The first-order valence-corrected chi connectivity index (χ1v) is 6.05. The number of aromatic nitrogens is 1. The van der Waals surface area contributed by atoms with Gasteiger partial charge in [0, 0.05) is 23.4 Å². The Morgan fingerprint density at radius 2 is 2.06 bits per heavy atom. The number of anilines is 2. The zero-order chi connectivity index (χ0) is 12.4. The lowest BCUT2D eigenvalue weighted by Gasteiger charge is -2.18. The molecule has 0 unspecified atom stereocenters. The number of nitrogens with zero attached hydrogens (tertiary/aromatic N) is 2. The topological polar surface area (TPSA) is 16.1 Å². The second-order valence-electron chi connectivity index (χ2n) is 3.49. The van der Waals surface area contributed by atoms with Gasteiger partial charge in [-0.3, -0.25) is 0 Å². The van der Waals surface area contributed by atoms with E-state index in [-0.39, 0.29) is 5.02 Å². The quantitative estimate of drug-likeness (QED) is 0.816. The zero-order valence-corrected chi connectivity index (χ0v) is 11.3. The highest BCUT2D eigenvalue weighted by atomic mass is 79.9. The second kappa shape index (κ2) is 5.02. The molecular weight excluding hydrogens is 307 g/mol. The van der Waals surface area contributed by atoms with Gasteiger partial charge in [0.05, 0.1) is 5.02 Å². The minimum atomic E-state index is -0.424. The van der Waals surface area contributed by atoms with Crippen molar-refractivity contribution in [3.8, 4) is 0 Å². The summed E-state index contributed by atoms with van der Waals surface area (Å²) in [5, 5.41) is 0.103. The fourth-order valence-electron chi connectivity index (χ4n) is 1.39. The van der Waals surface area contributed by atoms with Crippen molar-refractivity contribution in [3.05, 3.63) is 51.8 Å². The summed E-state index contributed by atoms with van der Waals surface area (Å²) in [5.74, 6) is 0.337. The third-order valence-corrected chi connectivity index (χ3v) is 3.10. The minimum Gasteiger partial charge on any atom is -0.329 e. The Morgan fingerprint density at radius 1 is 1.29 bits per heavy atom. The predicted octanol–water partition coefficient (Wildman–Crippen LogP) is 4.40. The molecule has 2 aromatic rings. The summed E-state index contributed by atoms with van der Waals surface area (Å²) in [6, 6.07) is 8.32. The first-order chi connectivity index (χ1) is 8.08. The van der Waals surface area contributed by atoms with Crippen molar-refractivity contribution in [2.45, 2.75) is 0 Å². The molecule has 17 heavy (non-hydrogen) atoms. The van der Waals surface area contributed by atoms with Crippen molar-refractivity contribution >= 4 is 39.0 Å². The number of benzene rings is 1. The molecule has 0 amide bonds. The Kier molecular flexibility index (Phi) is 3.64. The molecule has 0 atom stereocenters. The van der Waals surface area contributed by atoms with Gasteiger partial charge in [-0.1, -0.05) is 11.6 Å². The van der Waals surface area contributed by atoms with Crippen molar-refractivity contribution in [1.29, 1.82) is 0 Å². The van der Waals surface area contributed by atoms with Crippen LogP contribution >= 0.6 is 27.5 Å². The minimum absolute atomic E-state index is 0.103. The van der Waals surface area contributed by atoms with E-state index in [0.717, 1.165) is 16.0 Å². The molecule has 2 nitrogen and oxygen atoms in total. The number of hydrogen-bond donors (Lipinski definition) is 0. The molecule has 0 aliphatic heterocycles. The van der Waals surface area contributed by atoms with E-state index in [9.17, 15) is 4.39 Å². The van der Waals surface area contributed by atoms with E-state index < -0.39 is 5.82 Å². The maximum Gasteiger partial charge on any atom is 0.141 e. The summed E-state index contributed by atoms with van der Waals surface area (Å²) in [5.41, 5.74) is 0.784. The summed E-state index contributed by atoms with van der Waals surface area (Å²) in [6.07, 6.45) is 1.71. The number of pyridine rings is 1. The Labute approximate surface area is 112 Å².